The van der Waals surface area contributed by atoms with E-state index < -0.39 is 33.4 Å². The highest BCUT2D eigenvalue weighted by Crippen LogP contribution is 2.47. The maximum Gasteiger partial charge on any atom is 0.344 e. The molecule has 374 valence electrons. The number of piperazine rings is 2. The van der Waals surface area contributed by atoms with Gasteiger partial charge in [-0.1, -0.05) is 61.4 Å². The van der Waals surface area contributed by atoms with E-state index in [0.29, 0.717) is 31.8 Å². The van der Waals surface area contributed by atoms with Crippen LogP contribution >= 0.6 is 31.0 Å². The van der Waals surface area contributed by atoms with Gasteiger partial charge in [-0.15, -0.1) is 11.8 Å². The third-order valence-electron chi connectivity index (χ3n) is 13.3. The first-order valence-electron chi connectivity index (χ1n) is 23.4. The number of thioether (sulfide) groups is 1. The molecular weight excluding hydrogens is 975 g/mol. The van der Waals surface area contributed by atoms with Gasteiger partial charge in [0.1, 0.15) is 6.29 Å². The van der Waals surface area contributed by atoms with Crippen molar-refractivity contribution in [2.45, 2.75) is 60.3 Å². The minimum Gasteiger partial charge on any atom is -0.380 e. The molecular formula is C50H66ClN6O8PS3. The maximum atomic E-state index is 13.7. The molecule has 2 saturated heterocycles. The van der Waals surface area contributed by atoms with Gasteiger partial charge in [-0.25, -0.2) is 21.6 Å². The number of rotatable bonds is 20. The van der Waals surface area contributed by atoms with Crippen molar-refractivity contribution in [2.24, 2.45) is 5.41 Å². The van der Waals surface area contributed by atoms with E-state index in [-0.39, 0.29) is 38.8 Å². The average molecular weight is 1040 g/mol. The summed E-state index contributed by atoms with van der Waals surface area (Å²) in [7, 11) is -8.81. The van der Waals surface area contributed by atoms with Crippen LogP contribution in [0.5, 0.6) is 0 Å². The fourth-order valence-corrected chi connectivity index (χ4v) is 13.4. The lowest BCUT2D eigenvalue weighted by atomic mass is 9.73. The topological polar surface area (TPSA) is 158 Å². The maximum absolute atomic E-state index is 13.7. The number of allylic oxidation sites excluding steroid dienone is 1. The standard InChI is InChI=1S/C50H66ClN6O8PS3/c1-50(2)23-21-46(38-11-15-41(51)16-12-38)40(34-50)35-55-29-31-57(32-30-55)43-17-13-39(14-18-43)49(58)53-69(62,63)45-19-20-47(48(33-45)68(5,60)61)52-42(36-67-44-9-7-6-8-10-44)22-24-54-25-27-56(28-26-54)37-66(59,64-3)65-4/h6-20,33,42,52H,21-32,34-37H2,1-5H3,(H,53,58)/t42-/m1/s1. The second-order valence-corrected chi connectivity index (χ2v) is 26.4. The number of amides is 1. The molecule has 1 aliphatic carbocycles. The molecule has 0 spiro atoms. The van der Waals surface area contributed by atoms with Crippen LogP contribution in [0.15, 0.2) is 117 Å². The number of carbonyl (C=O) groups excluding carboxylic acids is 1. The molecule has 4 aromatic rings. The SMILES string of the molecule is COP(=O)(CN1CCN(CC[C@H](CSc2ccccc2)Nc2ccc(S(=O)(=O)NC(=O)c3ccc(N4CCN(CC5=C(c6ccc(Cl)cc6)CCC(C)(C)C5)CC4)cc3)cc2S(C)(=O)=O)CC1)OC. The number of halogens is 1. The fraction of sp³-hybridized carbons (Fsp3) is 0.460. The Kier molecular flexibility index (Phi) is 17.9. The first kappa shape index (κ1) is 53.1. The Morgan fingerprint density at radius 1 is 0.826 bits per heavy atom. The Hall–Kier alpha value is -3.74. The van der Waals surface area contributed by atoms with Gasteiger partial charge < -0.3 is 24.2 Å². The Morgan fingerprint density at radius 2 is 1.46 bits per heavy atom. The summed E-state index contributed by atoms with van der Waals surface area (Å²) in [6.45, 7) is 12.6. The molecule has 2 aliphatic heterocycles. The lowest BCUT2D eigenvalue weighted by molar-refractivity contribution is 0.0981. The van der Waals surface area contributed by atoms with Crippen molar-refractivity contribution in [3.05, 3.63) is 119 Å². The molecule has 1 atom stereocenters. The van der Waals surface area contributed by atoms with E-state index >= 15 is 0 Å². The summed E-state index contributed by atoms with van der Waals surface area (Å²) < 4.78 is 79.2. The van der Waals surface area contributed by atoms with Gasteiger partial charge in [-0.3, -0.25) is 19.2 Å². The molecule has 1 amide bonds. The van der Waals surface area contributed by atoms with Crippen LogP contribution in [-0.2, 0) is 33.5 Å². The van der Waals surface area contributed by atoms with E-state index in [4.69, 9.17) is 20.6 Å². The zero-order valence-corrected chi connectivity index (χ0v) is 44.3. The Labute approximate surface area is 418 Å². The molecule has 19 heteroatoms. The van der Waals surface area contributed by atoms with E-state index in [2.05, 4.69) is 55.6 Å². The molecule has 2 N–H and O–H groups in total. The number of nitrogens with one attached hydrogen (secondary N) is 2. The van der Waals surface area contributed by atoms with Crippen LogP contribution < -0.4 is 14.9 Å². The molecule has 0 bridgehead atoms. The molecule has 7 rings (SSSR count). The first-order chi connectivity index (χ1) is 32.8. The third kappa shape index (κ3) is 14.7. The third-order valence-corrected chi connectivity index (χ3v) is 19.0. The van der Waals surface area contributed by atoms with Crippen LogP contribution in [0.1, 0.15) is 55.5 Å². The van der Waals surface area contributed by atoms with Crippen molar-refractivity contribution >= 4 is 73.7 Å². The summed E-state index contributed by atoms with van der Waals surface area (Å²) in [5.41, 5.74) is 5.80. The number of benzene rings is 4. The summed E-state index contributed by atoms with van der Waals surface area (Å²) in [6, 6.07) is 28.7. The minimum atomic E-state index is -4.47. The van der Waals surface area contributed by atoms with Crippen LogP contribution in [-0.4, -0.2) is 141 Å². The van der Waals surface area contributed by atoms with Gasteiger partial charge in [-0.05, 0) is 109 Å². The van der Waals surface area contributed by atoms with Gasteiger partial charge in [0.05, 0.1) is 15.5 Å². The molecule has 3 aliphatic rings. The second kappa shape index (κ2) is 23.2. The fourth-order valence-electron chi connectivity index (χ4n) is 9.22. The van der Waals surface area contributed by atoms with Crippen LogP contribution in [0.4, 0.5) is 11.4 Å². The summed E-state index contributed by atoms with van der Waals surface area (Å²) in [4.78, 5) is 23.1. The smallest absolute Gasteiger partial charge is 0.344 e. The number of sulfone groups is 1. The lowest BCUT2D eigenvalue weighted by Gasteiger charge is -2.39. The Bertz CT molecular complexity index is 2690. The van der Waals surface area contributed by atoms with Crippen LogP contribution in [0.3, 0.4) is 0 Å². The lowest BCUT2D eigenvalue weighted by Crippen LogP contribution is -2.47. The van der Waals surface area contributed by atoms with Crippen molar-refractivity contribution in [3.8, 4) is 0 Å². The highest BCUT2D eigenvalue weighted by Gasteiger charge is 2.31. The van der Waals surface area contributed by atoms with E-state index in [1.54, 1.807) is 23.9 Å². The number of hydrogen-bond acceptors (Lipinski definition) is 14. The van der Waals surface area contributed by atoms with E-state index in [1.165, 1.54) is 43.1 Å². The normalized spacial score (nSPS) is 18.3. The predicted molar refractivity (Wildman–Crippen MR) is 279 cm³/mol. The van der Waals surface area contributed by atoms with E-state index in [1.807, 2.05) is 54.6 Å². The number of sulfonamides is 1. The first-order valence-corrected chi connectivity index (χ1v) is 29.8. The summed E-state index contributed by atoms with van der Waals surface area (Å²) in [5, 5.41) is 4.17. The number of nitrogens with zero attached hydrogens (tertiary/aromatic N) is 4. The van der Waals surface area contributed by atoms with Crippen molar-refractivity contribution < 1.29 is 35.2 Å². The molecule has 4 aromatic carbocycles. The molecule has 2 heterocycles. The zero-order chi connectivity index (χ0) is 49.4. The summed E-state index contributed by atoms with van der Waals surface area (Å²) in [6.07, 6.45) is 5.17. The largest absolute Gasteiger partial charge is 0.380 e. The number of carbonyl (C=O) groups is 1. The highest BCUT2D eigenvalue weighted by molar-refractivity contribution is 7.99. The van der Waals surface area contributed by atoms with Crippen molar-refractivity contribution in [1.82, 2.24) is 19.4 Å². The van der Waals surface area contributed by atoms with Crippen molar-refractivity contribution in [2.75, 3.05) is 108 Å². The van der Waals surface area contributed by atoms with Crippen LogP contribution in [0.25, 0.3) is 5.57 Å². The van der Waals surface area contributed by atoms with Gasteiger partial charge in [0.25, 0.3) is 15.9 Å². The van der Waals surface area contributed by atoms with Gasteiger partial charge in [0, 0.05) is 119 Å². The minimum absolute atomic E-state index is 0.161. The Balaban J connectivity index is 0.969. The van der Waals surface area contributed by atoms with Crippen molar-refractivity contribution in [1.29, 1.82) is 0 Å². The van der Waals surface area contributed by atoms with Gasteiger partial charge in [0.2, 0.25) is 0 Å². The van der Waals surface area contributed by atoms with Crippen molar-refractivity contribution in [3.63, 3.8) is 0 Å². The van der Waals surface area contributed by atoms with E-state index in [0.717, 1.165) is 93.0 Å². The number of hydrogen-bond donors (Lipinski definition) is 2. The highest BCUT2D eigenvalue weighted by atomic mass is 35.5. The van der Waals surface area contributed by atoms with Gasteiger partial charge >= 0.3 is 7.60 Å². The number of anilines is 2. The summed E-state index contributed by atoms with van der Waals surface area (Å²) >= 11 is 7.85. The molecule has 69 heavy (non-hydrogen) atoms. The van der Waals surface area contributed by atoms with E-state index in [9.17, 15) is 26.2 Å². The van der Waals surface area contributed by atoms with Crippen LogP contribution in [0, 0.1) is 5.41 Å². The molecule has 0 saturated carbocycles. The second-order valence-electron chi connectivity index (χ2n) is 18.9. The molecule has 0 aromatic heterocycles. The van der Waals surface area contributed by atoms with Gasteiger partial charge in [0.15, 0.2) is 9.84 Å². The van der Waals surface area contributed by atoms with Crippen LogP contribution in [0.2, 0.25) is 5.02 Å². The summed E-state index contributed by atoms with van der Waals surface area (Å²) in [5.74, 6) is -0.216. The average Bonchev–Trinajstić information content (AvgIpc) is 3.33. The molecule has 14 nitrogen and oxygen atoms in total. The molecule has 2 fully saturated rings. The monoisotopic (exact) mass is 1040 g/mol. The molecule has 0 radical (unpaired) electrons. The Morgan fingerprint density at radius 3 is 2.10 bits per heavy atom. The molecule has 0 unspecified atom stereocenters. The quantitative estimate of drug-likeness (QED) is 0.0640. The zero-order valence-electron chi connectivity index (χ0n) is 40.2. The van der Waals surface area contributed by atoms with Gasteiger partial charge in [-0.2, -0.15) is 0 Å². The predicted octanol–water partition coefficient (Wildman–Crippen LogP) is 8.67.